The van der Waals surface area contributed by atoms with Crippen molar-refractivity contribution in [3.8, 4) is 22.3 Å². The van der Waals surface area contributed by atoms with E-state index in [9.17, 15) is 0 Å². The molecule has 12 aromatic rings. The van der Waals surface area contributed by atoms with Crippen molar-refractivity contribution in [1.82, 2.24) is 0 Å². The molecule has 2 aromatic heterocycles. The summed E-state index contributed by atoms with van der Waals surface area (Å²) in [4.78, 5) is 0. The first-order chi connectivity index (χ1) is 27.3. The van der Waals surface area contributed by atoms with E-state index < -0.39 is 5.41 Å². The molecule has 0 atom stereocenters. The maximum Gasteiger partial charge on any atom is 0.143 e. The van der Waals surface area contributed by atoms with E-state index in [0.29, 0.717) is 0 Å². The van der Waals surface area contributed by atoms with Crippen LogP contribution < -0.4 is 0 Å². The molecule has 254 valence electrons. The molecule has 13 rings (SSSR count). The summed E-state index contributed by atoms with van der Waals surface area (Å²) in [6.07, 6.45) is 0. The zero-order valence-electron chi connectivity index (χ0n) is 29.6. The Labute approximate surface area is 315 Å². The smallest absolute Gasteiger partial charge is 0.143 e. The molecule has 10 aromatic carbocycles. The van der Waals surface area contributed by atoms with Gasteiger partial charge in [0.15, 0.2) is 0 Å². The molecule has 0 fully saturated rings. The van der Waals surface area contributed by atoms with E-state index in [1.165, 1.54) is 60.1 Å². The monoisotopic (exact) mass is 698 g/mol. The fourth-order valence-corrected chi connectivity index (χ4v) is 10.3. The van der Waals surface area contributed by atoms with Gasteiger partial charge in [0.2, 0.25) is 0 Å². The Hall–Kier alpha value is -7.16. The van der Waals surface area contributed by atoms with Crippen LogP contribution in [0.3, 0.4) is 0 Å². The lowest BCUT2D eigenvalue weighted by molar-refractivity contribution is 0.669. The molecular weight excluding hydrogens is 669 g/mol. The lowest BCUT2D eigenvalue weighted by atomic mass is 9.67. The highest BCUT2D eigenvalue weighted by Gasteiger charge is 2.49. The van der Waals surface area contributed by atoms with Crippen LogP contribution in [0.1, 0.15) is 22.3 Å². The molecule has 0 radical (unpaired) electrons. The third-order valence-corrected chi connectivity index (χ3v) is 12.5. The van der Waals surface area contributed by atoms with Gasteiger partial charge in [-0.05, 0) is 78.3 Å². The Kier molecular flexibility index (Phi) is 5.59. The van der Waals surface area contributed by atoms with E-state index in [0.717, 1.165) is 60.6 Å². The molecule has 0 bridgehead atoms. The fraction of sp³-hybridized carbons (Fsp3) is 0.0189. The van der Waals surface area contributed by atoms with Gasteiger partial charge >= 0.3 is 0 Å². The Morgan fingerprint density at radius 3 is 1.65 bits per heavy atom. The average molecular weight is 699 g/mol. The van der Waals surface area contributed by atoms with Gasteiger partial charge in [-0.15, -0.1) is 0 Å². The van der Waals surface area contributed by atoms with Gasteiger partial charge in [-0.2, -0.15) is 0 Å². The Bertz CT molecular complexity index is 3480. The Morgan fingerprint density at radius 1 is 0.327 bits per heavy atom. The van der Waals surface area contributed by atoms with Crippen LogP contribution in [0.2, 0.25) is 0 Å². The van der Waals surface area contributed by atoms with Crippen LogP contribution in [-0.2, 0) is 5.41 Å². The summed E-state index contributed by atoms with van der Waals surface area (Å²) in [5.41, 5.74) is 12.4. The molecule has 0 amide bonds. The van der Waals surface area contributed by atoms with E-state index in [2.05, 4.69) is 182 Å². The predicted molar refractivity (Wildman–Crippen MR) is 227 cm³/mol. The van der Waals surface area contributed by atoms with E-state index in [1.54, 1.807) is 0 Å². The minimum atomic E-state index is -0.647. The van der Waals surface area contributed by atoms with Crippen molar-refractivity contribution in [2.24, 2.45) is 0 Å². The number of furan rings is 2. The van der Waals surface area contributed by atoms with E-state index in [1.807, 2.05) is 0 Å². The Balaban J connectivity index is 1.28. The summed E-state index contributed by atoms with van der Waals surface area (Å²) >= 11 is 0. The van der Waals surface area contributed by atoms with Gasteiger partial charge in [-0.1, -0.05) is 164 Å². The molecule has 0 saturated heterocycles. The molecule has 0 spiro atoms. The minimum absolute atomic E-state index is 0.647. The van der Waals surface area contributed by atoms with Crippen LogP contribution in [0.5, 0.6) is 0 Å². The maximum absolute atomic E-state index is 7.09. The van der Waals surface area contributed by atoms with Gasteiger partial charge in [0.1, 0.15) is 22.3 Å². The second kappa shape index (κ2) is 10.5. The van der Waals surface area contributed by atoms with Crippen molar-refractivity contribution >= 4 is 76.2 Å². The quantitative estimate of drug-likeness (QED) is 0.172. The highest BCUT2D eigenvalue weighted by Crippen LogP contribution is 2.62. The number of para-hydroxylation sites is 2. The molecule has 0 saturated carbocycles. The molecule has 55 heavy (non-hydrogen) atoms. The van der Waals surface area contributed by atoms with Crippen LogP contribution in [0, 0.1) is 0 Å². The zero-order valence-corrected chi connectivity index (χ0v) is 29.6. The predicted octanol–water partition coefficient (Wildman–Crippen LogP) is 14.4. The minimum Gasteiger partial charge on any atom is -0.455 e. The summed E-state index contributed by atoms with van der Waals surface area (Å²) in [5, 5.41) is 12.1. The van der Waals surface area contributed by atoms with Crippen molar-refractivity contribution < 1.29 is 8.83 Å². The molecule has 1 aliphatic carbocycles. The van der Waals surface area contributed by atoms with E-state index in [4.69, 9.17) is 8.83 Å². The molecule has 0 aliphatic heterocycles. The lowest BCUT2D eigenvalue weighted by Gasteiger charge is -2.34. The van der Waals surface area contributed by atoms with Crippen LogP contribution in [0.25, 0.3) is 98.4 Å². The fourth-order valence-electron chi connectivity index (χ4n) is 10.3. The second-order valence-corrected chi connectivity index (χ2v) is 15.1. The van der Waals surface area contributed by atoms with Gasteiger partial charge in [0.05, 0.1) is 5.41 Å². The first kappa shape index (κ1) is 29.3. The molecule has 0 N–H and O–H groups in total. The van der Waals surface area contributed by atoms with E-state index in [-0.39, 0.29) is 0 Å². The standard InChI is InChI=1S/C53H30O2/c1-3-14-34(15-4-1)53(35-16-5-2-6-17-35)42-29-28-39-37-18-7-9-20-44(37)54-51(39)50(42)49-43(53)30-41(52-48(49)40-19-8-10-21-45(40)55-52)36-26-24-33-23-22-31-12-11-13-32-25-27-38(36)47(33)46(31)32/h1-30H. The summed E-state index contributed by atoms with van der Waals surface area (Å²) in [5.74, 6) is 0. The number of fused-ring (bicyclic) bond motifs is 11. The normalized spacial score (nSPS) is 13.6. The van der Waals surface area contributed by atoms with Crippen molar-refractivity contribution in [2.45, 2.75) is 5.41 Å². The first-order valence-electron chi connectivity index (χ1n) is 19.0. The number of benzene rings is 10. The number of hydrogen-bond acceptors (Lipinski definition) is 2. The Morgan fingerprint density at radius 2 is 0.909 bits per heavy atom. The maximum atomic E-state index is 7.09. The number of rotatable bonds is 3. The zero-order chi connectivity index (χ0) is 35.8. The van der Waals surface area contributed by atoms with Gasteiger partial charge in [-0.3, -0.25) is 0 Å². The molecule has 1 aliphatic rings. The summed E-state index contributed by atoms with van der Waals surface area (Å²) in [6.45, 7) is 0. The molecule has 2 nitrogen and oxygen atoms in total. The molecule has 0 unspecified atom stereocenters. The van der Waals surface area contributed by atoms with Gasteiger partial charge in [-0.25, -0.2) is 0 Å². The average Bonchev–Trinajstić information content (AvgIpc) is 3.92. The van der Waals surface area contributed by atoms with Crippen molar-refractivity contribution in [1.29, 1.82) is 0 Å². The molecule has 2 heteroatoms. The van der Waals surface area contributed by atoms with Crippen LogP contribution in [0.15, 0.2) is 191 Å². The summed E-state index contributed by atoms with van der Waals surface area (Å²) < 4.78 is 14.1. The summed E-state index contributed by atoms with van der Waals surface area (Å²) in [7, 11) is 0. The van der Waals surface area contributed by atoms with Crippen LogP contribution in [0.4, 0.5) is 0 Å². The van der Waals surface area contributed by atoms with Gasteiger partial charge in [0.25, 0.3) is 0 Å². The van der Waals surface area contributed by atoms with Crippen molar-refractivity contribution in [3.05, 3.63) is 204 Å². The van der Waals surface area contributed by atoms with E-state index >= 15 is 0 Å². The van der Waals surface area contributed by atoms with Crippen molar-refractivity contribution in [3.63, 3.8) is 0 Å². The topological polar surface area (TPSA) is 26.3 Å². The largest absolute Gasteiger partial charge is 0.455 e. The first-order valence-corrected chi connectivity index (χ1v) is 19.0. The summed E-state index contributed by atoms with van der Waals surface area (Å²) in [6, 6.07) is 66.5. The van der Waals surface area contributed by atoms with Crippen molar-refractivity contribution in [2.75, 3.05) is 0 Å². The SMILES string of the molecule is c1ccc(C2(c3ccccc3)c3ccc4c(oc5ccccc54)c3-c3c2cc(-c2ccc4ccc5cccc6ccc2c4c56)c2oc4ccccc4c32)cc1. The van der Waals surface area contributed by atoms with Gasteiger partial charge < -0.3 is 8.83 Å². The lowest BCUT2D eigenvalue weighted by Crippen LogP contribution is -2.28. The third kappa shape index (κ3) is 3.64. The highest BCUT2D eigenvalue weighted by molar-refractivity contribution is 6.28. The highest BCUT2D eigenvalue weighted by atomic mass is 16.3. The molecular formula is C53H30O2. The second-order valence-electron chi connectivity index (χ2n) is 15.1. The number of hydrogen-bond donors (Lipinski definition) is 0. The van der Waals surface area contributed by atoms with Crippen LogP contribution in [-0.4, -0.2) is 0 Å². The van der Waals surface area contributed by atoms with Crippen LogP contribution >= 0.6 is 0 Å². The third-order valence-electron chi connectivity index (χ3n) is 12.5. The molecule has 2 heterocycles. The van der Waals surface area contributed by atoms with Gasteiger partial charge in [0, 0.05) is 38.2 Å².